The summed E-state index contributed by atoms with van der Waals surface area (Å²) in [6.45, 7) is 0. The van der Waals surface area contributed by atoms with Crippen molar-refractivity contribution in [1.82, 2.24) is 15.0 Å². The third kappa shape index (κ3) is 4.65. The van der Waals surface area contributed by atoms with Crippen LogP contribution in [0.5, 0.6) is 0 Å². The Morgan fingerprint density at radius 2 is 1.92 bits per heavy atom. The van der Waals surface area contributed by atoms with Crippen LogP contribution < -0.4 is 16.2 Å². The Labute approximate surface area is 152 Å². The quantitative estimate of drug-likeness (QED) is 0.296. The van der Waals surface area contributed by atoms with E-state index in [0.29, 0.717) is 17.5 Å². The molecule has 0 saturated carbocycles. The molecule has 0 aliphatic rings. The molecule has 0 amide bonds. The number of aromatic nitrogens is 3. The summed E-state index contributed by atoms with van der Waals surface area (Å²) < 4.78 is 22.9. The van der Waals surface area contributed by atoms with Crippen LogP contribution in [0.4, 0.5) is 23.1 Å². The van der Waals surface area contributed by atoms with Gasteiger partial charge in [-0.3, -0.25) is 15.8 Å². The summed E-state index contributed by atoms with van der Waals surface area (Å²) in [7, 11) is -0.478. The molecule has 0 fully saturated rings. The van der Waals surface area contributed by atoms with Gasteiger partial charge in [0.15, 0.2) is 5.82 Å². The summed E-state index contributed by atoms with van der Waals surface area (Å²) in [6.07, 6.45) is 3.43. The molecule has 0 saturated heterocycles. The van der Waals surface area contributed by atoms with E-state index in [1.807, 2.05) is 12.1 Å². The van der Waals surface area contributed by atoms with E-state index in [9.17, 15) is 4.21 Å². The lowest BCUT2D eigenvalue weighted by molar-refractivity contribution is 0.529. The van der Waals surface area contributed by atoms with E-state index in [1.165, 1.54) is 0 Å². The van der Waals surface area contributed by atoms with Crippen LogP contribution in [0, 0.1) is 0 Å². The van der Waals surface area contributed by atoms with Crippen molar-refractivity contribution >= 4 is 34.0 Å². The first-order chi connectivity index (χ1) is 12.6. The van der Waals surface area contributed by atoms with Gasteiger partial charge in [-0.2, -0.15) is 4.98 Å². The molecule has 0 bridgehead atoms. The van der Waals surface area contributed by atoms with Gasteiger partial charge in [-0.25, -0.2) is 4.98 Å². The van der Waals surface area contributed by atoms with E-state index < -0.39 is 10.9 Å². The molecule has 0 aliphatic carbocycles. The van der Waals surface area contributed by atoms with Gasteiger partial charge in [0.1, 0.15) is 0 Å². The first kappa shape index (κ1) is 17.6. The Balaban J connectivity index is 1.77. The van der Waals surface area contributed by atoms with E-state index in [-0.39, 0.29) is 0 Å². The minimum absolute atomic E-state index is 0.412. The minimum atomic E-state index is -2.22. The van der Waals surface area contributed by atoms with Crippen molar-refractivity contribution in [2.24, 2.45) is 4.36 Å². The van der Waals surface area contributed by atoms with Gasteiger partial charge < -0.3 is 18.4 Å². The molecule has 26 heavy (non-hydrogen) atoms. The SMILES string of the molecule is CNc1nc(NNc2ccc(N=[S-](=O)O)cc2)cc(-c2cccnc2)n1. The first-order valence-electron chi connectivity index (χ1n) is 7.56. The third-order valence-electron chi connectivity index (χ3n) is 3.29. The standard InChI is InChI=1S/C16H16N7O2S/c1-17-16-19-14(11-3-2-8-18-10-11)9-15(20-16)22-21-12-4-6-13(7-5-12)23-26(24)25/h2-10,21H,1H3,(H,23,24,25)(H2,17,19,20,22)/q-1. The van der Waals surface area contributed by atoms with Crippen LogP contribution in [-0.4, -0.2) is 26.6 Å². The molecule has 0 radical (unpaired) electrons. The highest BCUT2D eigenvalue weighted by Gasteiger charge is 2.06. The van der Waals surface area contributed by atoms with E-state index in [0.717, 1.165) is 16.9 Å². The lowest BCUT2D eigenvalue weighted by Crippen LogP contribution is -2.11. The van der Waals surface area contributed by atoms with Crippen molar-refractivity contribution in [1.29, 1.82) is 0 Å². The van der Waals surface area contributed by atoms with Gasteiger partial charge in [-0.05, 0) is 36.4 Å². The molecule has 0 atom stereocenters. The monoisotopic (exact) mass is 370 g/mol. The molecule has 10 heteroatoms. The molecular weight excluding hydrogens is 354 g/mol. The van der Waals surface area contributed by atoms with Crippen LogP contribution in [0.25, 0.3) is 11.3 Å². The summed E-state index contributed by atoms with van der Waals surface area (Å²) in [5, 5.41) is 2.93. The number of pyridine rings is 1. The fourth-order valence-corrected chi connectivity index (χ4v) is 2.42. The number of benzene rings is 1. The Morgan fingerprint density at radius 3 is 2.58 bits per heavy atom. The molecular formula is C16H16N7O2S-. The third-order valence-corrected chi connectivity index (χ3v) is 3.66. The smallest absolute Gasteiger partial charge is 0.225 e. The number of hydrogen-bond acceptors (Lipinski definition) is 9. The predicted octanol–water partition coefficient (Wildman–Crippen LogP) is 3.27. The lowest BCUT2D eigenvalue weighted by atomic mass is 10.2. The molecule has 2 aromatic heterocycles. The van der Waals surface area contributed by atoms with Crippen LogP contribution in [0.2, 0.25) is 0 Å². The van der Waals surface area contributed by atoms with Gasteiger partial charge in [-0.1, -0.05) is 10.9 Å². The van der Waals surface area contributed by atoms with Crippen LogP contribution in [0.3, 0.4) is 0 Å². The number of hydrazine groups is 1. The van der Waals surface area contributed by atoms with Crippen molar-refractivity contribution in [2.75, 3.05) is 23.2 Å². The zero-order chi connectivity index (χ0) is 18.4. The number of anilines is 3. The average Bonchev–Trinajstić information content (AvgIpc) is 2.67. The number of nitrogens with one attached hydrogen (secondary N) is 3. The molecule has 9 nitrogen and oxygen atoms in total. The van der Waals surface area contributed by atoms with Gasteiger partial charge >= 0.3 is 0 Å². The van der Waals surface area contributed by atoms with E-state index in [1.54, 1.807) is 49.8 Å². The topological polar surface area (TPSA) is 124 Å². The minimum Gasteiger partial charge on any atom is -0.454 e. The van der Waals surface area contributed by atoms with E-state index in [2.05, 4.69) is 35.5 Å². The van der Waals surface area contributed by atoms with Crippen molar-refractivity contribution in [3.8, 4) is 11.3 Å². The van der Waals surface area contributed by atoms with E-state index >= 15 is 0 Å². The second-order valence-electron chi connectivity index (χ2n) is 5.07. The zero-order valence-electron chi connectivity index (χ0n) is 13.7. The number of nitrogens with zero attached hydrogens (tertiary/aromatic N) is 4. The average molecular weight is 370 g/mol. The van der Waals surface area contributed by atoms with Gasteiger partial charge in [-0.15, -0.1) is 0 Å². The molecule has 0 aliphatic heterocycles. The van der Waals surface area contributed by atoms with Gasteiger partial charge in [0.25, 0.3) is 0 Å². The maximum atomic E-state index is 10.7. The van der Waals surface area contributed by atoms with Crippen molar-refractivity contribution in [2.45, 2.75) is 0 Å². The van der Waals surface area contributed by atoms with Gasteiger partial charge in [0, 0.05) is 36.8 Å². The molecule has 0 unspecified atom stereocenters. The fourth-order valence-electron chi connectivity index (χ4n) is 2.12. The van der Waals surface area contributed by atoms with Gasteiger partial charge in [0.05, 0.1) is 11.4 Å². The fraction of sp³-hybridized carbons (Fsp3) is 0.0625. The first-order valence-corrected chi connectivity index (χ1v) is 8.62. The summed E-state index contributed by atoms with van der Waals surface area (Å²) in [4.78, 5) is 12.9. The molecule has 134 valence electrons. The van der Waals surface area contributed by atoms with Crippen LogP contribution >= 0.6 is 0 Å². The maximum Gasteiger partial charge on any atom is 0.225 e. The van der Waals surface area contributed by atoms with Crippen molar-refractivity contribution < 1.29 is 8.76 Å². The summed E-state index contributed by atoms with van der Waals surface area (Å²) >= 11 is 0. The van der Waals surface area contributed by atoms with Gasteiger partial charge in [0.2, 0.25) is 5.95 Å². The lowest BCUT2D eigenvalue weighted by Gasteiger charge is -2.12. The molecule has 0 spiro atoms. The van der Waals surface area contributed by atoms with Crippen molar-refractivity contribution in [3.05, 3.63) is 54.9 Å². The zero-order valence-corrected chi connectivity index (χ0v) is 14.6. The van der Waals surface area contributed by atoms with Crippen LogP contribution in [-0.2, 0) is 15.1 Å². The highest BCUT2D eigenvalue weighted by Crippen LogP contribution is 2.21. The largest absolute Gasteiger partial charge is 0.454 e. The number of hydrogen-bond donors (Lipinski definition) is 4. The summed E-state index contributed by atoms with van der Waals surface area (Å²) in [5.74, 6) is 1.03. The highest BCUT2D eigenvalue weighted by atomic mass is 32.2. The molecule has 4 N–H and O–H groups in total. The molecule has 1 aromatic carbocycles. The molecule has 3 rings (SSSR count). The molecule has 3 aromatic rings. The maximum absolute atomic E-state index is 10.7. The Kier molecular flexibility index (Phi) is 5.56. The Bertz CT molecular complexity index is 958. The normalized spacial score (nSPS) is 11.8. The second-order valence-corrected chi connectivity index (χ2v) is 5.72. The Morgan fingerprint density at radius 1 is 1.12 bits per heavy atom. The summed E-state index contributed by atoms with van der Waals surface area (Å²) in [6, 6.07) is 12.2. The van der Waals surface area contributed by atoms with Crippen LogP contribution in [0.15, 0.2) is 59.2 Å². The van der Waals surface area contributed by atoms with Crippen LogP contribution in [0.1, 0.15) is 0 Å². The Hall–Kier alpha value is -3.24. The molecule has 2 heterocycles. The highest BCUT2D eigenvalue weighted by molar-refractivity contribution is 7.68. The summed E-state index contributed by atoms with van der Waals surface area (Å²) in [5.41, 5.74) is 8.76. The number of rotatable bonds is 6. The predicted molar refractivity (Wildman–Crippen MR) is 101 cm³/mol. The van der Waals surface area contributed by atoms with Crippen molar-refractivity contribution in [3.63, 3.8) is 0 Å². The van der Waals surface area contributed by atoms with E-state index in [4.69, 9.17) is 4.55 Å². The second kappa shape index (κ2) is 8.23.